The van der Waals surface area contributed by atoms with Gasteiger partial charge in [0, 0.05) is 5.69 Å². The fourth-order valence-electron chi connectivity index (χ4n) is 1.38. The van der Waals surface area contributed by atoms with Crippen molar-refractivity contribution in [3.8, 4) is 6.07 Å². The molecule has 0 spiro atoms. The lowest BCUT2D eigenvalue weighted by atomic mass is 10.1. The molecule has 0 fully saturated rings. The fourth-order valence-corrected chi connectivity index (χ4v) is 1.38. The molecule has 0 saturated carbocycles. The van der Waals surface area contributed by atoms with Gasteiger partial charge in [0.05, 0.1) is 24.4 Å². The summed E-state index contributed by atoms with van der Waals surface area (Å²) in [5.41, 5.74) is 8.06. The number of hydrogen-bond donors (Lipinski definition) is 2. The third-order valence-corrected chi connectivity index (χ3v) is 2.24. The van der Waals surface area contributed by atoms with E-state index in [9.17, 15) is 0 Å². The summed E-state index contributed by atoms with van der Waals surface area (Å²) >= 11 is 0. The largest absolute Gasteiger partial charge is 0.394 e. The Bertz CT molecular complexity index is 542. The number of nitriles is 1. The molecule has 0 unspecified atom stereocenters. The third-order valence-electron chi connectivity index (χ3n) is 2.24. The highest BCUT2D eigenvalue weighted by atomic mass is 15.0. The second-order valence-corrected chi connectivity index (χ2v) is 3.48. The molecule has 2 aromatic rings. The van der Waals surface area contributed by atoms with Crippen LogP contribution in [0, 0.1) is 11.3 Å². The number of rotatable bonds is 3. The summed E-state index contributed by atoms with van der Waals surface area (Å²) in [6.07, 6.45) is 3.39. The molecular formula is C12H11N5. The Kier molecular flexibility index (Phi) is 3.17. The molecule has 0 aliphatic rings. The molecule has 17 heavy (non-hydrogen) atoms. The lowest BCUT2D eigenvalue weighted by Gasteiger charge is -2.07. The summed E-state index contributed by atoms with van der Waals surface area (Å²) in [6, 6.07) is 9.65. The van der Waals surface area contributed by atoms with Crippen LogP contribution >= 0.6 is 0 Å². The molecule has 84 valence electrons. The van der Waals surface area contributed by atoms with Crippen LogP contribution in [0.4, 0.5) is 17.2 Å². The number of nitrogens with zero attached hydrogens (tertiary/aromatic N) is 3. The lowest BCUT2D eigenvalue weighted by Crippen LogP contribution is -1.99. The van der Waals surface area contributed by atoms with E-state index >= 15 is 0 Å². The monoisotopic (exact) mass is 225 g/mol. The van der Waals surface area contributed by atoms with Crippen LogP contribution in [0.25, 0.3) is 0 Å². The summed E-state index contributed by atoms with van der Waals surface area (Å²) in [5, 5.41) is 11.6. The van der Waals surface area contributed by atoms with Crippen LogP contribution in [0.1, 0.15) is 5.56 Å². The molecule has 2 rings (SSSR count). The zero-order chi connectivity index (χ0) is 12.1. The van der Waals surface area contributed by atoms with Gasteiger partial charge in [0.1, 0.15) is 6.33 Å². The fraction of sp³-hybridized carbons (Fsp3) is 0.0833. The molecule has 3 N–H and O–H groups in total. The molecule has 5 nitrogen and oxygen atoms in total. The van der Waals surface area contributed by atoms with E-state index < -0.39 is 0 Å². The molecule has 0 bridgehead atoms. The molecule has 0 aliphatic heterocycles. The molecule has 5 heteroatoms. The van der Waals surface area contributed by atoms with E-state index in [-0.39, 0.29) is 0 Å². The number of aromatic nitrogens is 2. The molecule has 0 saturated heterocycles. The number of benzene rings is 1. The summed E-state index contributed by atoms with van der Waals surface area (Å²) in [5.74, 6) is 0.577. The van der Waals surface area contributed by atoms with E-state index in [0.29, 0.717) is 17.9 Å². The van der Waals surface area contributed by atoms with E-state index in [2.05, 4.69) is 21.4 Å². The average molecular weight is 225 g/mol. The predicted octanol–water partition coefficient (Wildman–Crippen LogP) is 1.87. The zero-order valence-corrected chi connectivity index (χ0v) is 9.09. The van der Waals surface area contributed by atoms with Gasteiger partial charge in [-0.05, 0) is 17.7 Å². The van der Waals surface area contributed by atoms with Gasteiger partial charge in [-0.1, -0.05) is 12.1 Å². The van der Waals surface area contributed by atoms with Crippen molar-refractivity contribution in [1.29, 1.82) is 5.26 Å². The highest BCUT2D eigenvalue weighted by Crippen LogP contribution is 2.19. The number of anilines is 3. The molecule has 0 atom stereocenters. The summed E-state index contributed by atoms with van der Waals surface area (Å²) in [6.45, 7) is 0. The number of nitrogens with two attached hydrogens (primary N) is 1. The van der Waals surface area contributed by atoms with Gasteiger partial charge in [0.25, 0.3) is 0 Å². The van der Waals surface area contributed by atoms with Gasteiger partial charge in [-0.15, -0.1) is 0 Å². The Morgan fingerprint density at radius 1 is 1.29 bits per heavy atom. The first-order valence-corrected chi connectivity index (χ1v) is 5.08. The van der Waals surface area contributed by atoms with Crippen molar-refractivity contribution in [3.63, 3.8) is 0 Å². The Morgan fingerprint density at radius 2 is 2.06 bits per heavy atom. The van der Waals surface area contributed by atoms with Gasteiger partial charge >= 0.3 is 0 Å². The van der Waals surface area contributed by atoms with Crippen LogP contribution in [0.3, 0.4) is 0 Å². The zero-order valence-electron chi connectivity index (χ0n) is 9.09. The first kappa shape index (κ1) is 10.9. The Hall–Kier alpha value is -2.61. The van der Waals surface area contributed by atoms with Crippen LogP contribution in [0.2, 0.25) is 0 Å². The molecular weight excluding hydrogens is 214 g/mol. The maximum atomic E-state index is 8.56. The SMILES string of the molecule is N#CCc1ccc(Nc2ncncc2N)cc1. The predicted molar refractivity (Wildman–Crippen MR) is 65.5 cm³/mol. The second kappa shape index (κ2) is 4.94. The topological polar surface area (TPSA) is 87.6 Å². The van der Waals surface area contributed by atoms with Crippen molar-refractivity contribution < 1.29 is 0 Å². The molecule has 0 aliphatic carbocycles. The number of nitrogens with one attached hydrogen (secondary N) is 1. The first-order valence-electron chi connectivity index (χ1n) is 5.08. The van der Waals surface area contributed by atoms with Gasteiger partial charge in [-0.3, -0.25) is 0 Å². The van der Waals surface area contributed by atoms with E-state index in [1.165, 1.54) is 6.33 Å². The number of nitrogen functional groups attached to an aromatic ring is 1. The van der Waals surface area contributed by atoms with E-state index in [4.69, 9.17) is 11.0 Å². The van der Waals surface area contributed by atoms with Gasteiger partial charge in [-0.25, -0.2) is 9.97 Å². The van der Waals surface area contributed by atoms with Crippen LogP contribution in [0.15, 0.2) is 36.8 Å². The molecule has 1 aromatic carbocycles. The maximum absolute atomic E-state index is 8.56. The summed E-state index contributed by atoms with van der Waals surface area (Å²) in [7, 11) is 0. The molecule has 1 heterocycles. The Balaban J connectivity index is 2.15. The minimum absolute atomic E-state index is 0.413. The van der Waals surface area contributed by atoms with Gasteiger partial charge in [-0.2, -0.15) is 5.26 Å². The van der Waals surface area contributed by atoms with E-state index in [1.54, 1.807) is 6.20 Å². The average Bonchev–Trinajstić information content (AvgIpc) is 2.35. The van der Waals surface area contributed by atoms with Crippen molar-refractivity contribution in [2.75, 3.05) is 11.1 Å². The normalized spacial score (nSPS) is 9.59. The highest BCUT2D eigenvalue weighted by molar-refractivity contribution is 5.67. The minimum Gasteiger partial charge on any atom is -0.394 e. The number of hydrogen-bond acceptors (Lipinski definition) is 5. The van der Waals surface area contributed by atoms with Crippen molar-refractivity contribution in [2.24, 2.45) is 0 Å². The molecule has 0 radical (unpaired) electrons. The minimum atomic E-state index is 0.413. The third kappa shape index (κ3) is 2.69. The maximum Gasteiger partial charge on any atom is 0.157 e. The molecule has 1 aromatic heterocycles. The standard InChI is InChI=1S/C12H11N5/c13-6-5-9-1-3-10(4-2-9)17-12-11(14)7-15-8-16-12/h1-4,7-8H,5,14H2,(H,15,16,17). The van der Waals surface area contributed by atoms with Gasteiger partial charge in [0.2, 0.25) is 0 Å². The van der Waals surface area contributed by atoms with Crippen LogP contribution < -0.4 is 11.1 Å². The van der Waals surface area contributed by atoms with Crippen LogP contribution in [0.5, 0.6) is 0 Å². The summed E-state index contributed by atoms with van der Waals surface area (Å²) in [4.78, 5) is 7.85. The van der Waals surface area contributed by atoms with Crippen molar-refractivity contribution >= 4 is 17.2 Å². The van der Waals surface area contributed by atoms with Crippen molar-refractivity contribution in [3.05, 3.63) is 42.4 Å². The van der Waals surface area contributed by atoms with Gasteiger partial charge < -0.3 is 11.1 Å². The first-order chi connectivity index (χ1) is 8.29. The second-order valence-electron chi connectivity index (χ2n) is 3.48. The Labute approximate surface area is 98.9 Å². The van der Waals surface area contributed by atoms with Gasteiger partial charge in [0.15, 0.2) is 5.82 Å². The summed E-state index contributed by atoms with van der Waals surface area (Å²) < 4.78 is 0. The van der Waals surface area contributed by atoms with Crippen LogP contribution in [-0.2, 0) is 6.42 Å². The quantitative estimate of drug-likeness (QED) is 0.832. The molecule has 0 amide bonds. The van der Waals surface area contributed by atoms with E-state index in [1.807, 2.05) is 24.3 Å². The van der Waals surface area contributed by atoms with Crippen molar-refractivity contribution in [1.82, 2.24) is 9.97 Å². The smallest absolute Gasteiger partial charge is 0.157 e. The lowest BCUT2D eigenvalue weighted by molar-refractivity contribution is 1.17. The highest BCUT2D eigenvalue weighted by Gasteiger charge is 2.00. The van der Waals surface area contributed by atoms with E-state index in [0.717, 1.165) is 11.3 Å². The Morgan fingerprint density at radius 3 is 2.71 bits per heavy atom. The van der Waals surface area contributed by atoms with Crippen molar-refractivity contribution in [2.45, 2.75) is 6.42 Å². The van der Waals surface area contributed by atoms with Crippen LogP contribution in [-0.4, -0.2) is 9.97 Å².